The van der Waals surface area contributed by atoms with E-state index in [2.05, 4.69) is 36.1 Å². The largest absolute Gasteiger partial charge is 0.478 e. The zero-order valence-electron chi connectivity index (χ0n) is 11.6. The molecule has 3 nitrogen and oxygen atoms in total. The molecule has 0 bridgehead atoms. The van der Waals surface area contributed by atoms with Crippen molar-refractivity contribution in [3.63, 3.8) is 0 Å². The molecule has 1 N–H and O–H groups in total. The molecule has 0 fully saturated rings. The van der Waals surface area contributed by atoms with E-state index in [1.165, 1.54) is 22.3 Å². The van der Waals surface area contributed by atoms with E-state index < -0.39 is 5.97 Å². The minimum absolute atomic E-state index is 0.898. The summed E-state index contributed by atoms with van der Waals surface area (Å²) in [5, 5.41) is 8.72. The number of aliphatic carboxylic acids is 1. The van der Waals surface area contributed by atoms with Crippen molar-refractivity contribution in [3.8, 4) is 0 Å². The molecule has 2 aromatic rings. The van der Waals surface area contributed by atoms with Crippen LogP contribution in [0.4, 0.5) is 11.4 Å². The summed E-state index contributed by atoms with van der Waals surface area (Å²) in [7, 11) is 0. The van der Waals surface area contributed by atoms with E-state index in [4.69, 9.17) is 5.11 Å². The Balaban J connectivity index is 2.03. The van der Waals surface area contributed by atoms with Gasteiger partial charge < -0.3 is 10.0 Å². The summed E-state index contributed by atoms with van der Waals surface area (Å²) in [6.45, 7) is 3.03. The van der Waals surface area contributed by atoms with Crippen molar-refractivity contribution in [2.75, 3.05) is 11.4 Å². The fourth-order valence-corrected chi connectivity index (χ4v) is 3.61. The van der Waals surface area contributed by atoms with Crippen LogP contribution in [-0.2, 0) is 4.79 Å². The Morgan fingerprint density at radius 1 is 1.19 bits per heavy atom. The zero-order valence-corrected chi connectivity index (χ0v) is 12.4. The van der Waals surface area contributed by atoms with Crippen LogP contribution in [0.2, 0.25) is 0 Å². The number of anilines is 2. The molecule has 0 unspecified atom stereocenters. The molecule has 21 heavy (non-hydrogen) atoms. The predicted octanol–water partition coefficient (Wildman–Crippen LogP) is 4.41. The van der Waals surface area contributed by atoms with Crippen LogP contribution in [0.3, 0.4) is 0 Å². The van der Waals surface area contributed by atoms with Gasteiger partial charge in [0.05, 0.1) is 11.4 Å². The number of fused-ring (bicyclic) bond motifs is 2. The zero-order chi connectivity index (χ0) is 14.8. The van der Waals surface area contributed by atoms with Gasteiger partial charge in [0.2, 0.25) is 0 Å². The molecular weight excluding hydrogens is 282 g/mol. The van der Waals surface area contributed by atoms with Crippen LogP contribution in [0.1, 0.15) is 12.5 Å². The lowest BCUT2D eigenvalue weighted by atomic mass is 10.1. The highest BCUT2D eigenvalue weighted by Crippen LogP contribution is 2.48. The second-order valence-electron chi connectivity index (χ2n) is 4.71. The molecule has 0 amide bonds. The third kappa shape index (κ3) is 2.67. The maximum absolute atomic E-state index is 10.6. The maximum atomic E-state index is 10.6. The van der Waals surface area contributed by atoms with Gasteiger partial charge in [-0.2, -0.15) is 0 Å². The van der Waals surface area contributed by atoms with Crippen LogP contribution in [0.25, 0.3) is 6.08 Å². The van der Waals surface area contributed by atoms with E-state index in [1.807, 2.05) is 18.2 Å². The molecule has 2 aromatic carbocycles. The van der Waals surface area contributed by atoms with Gasteiger partial charge in [-0.1, -0.05) is 30.0 Å². The van der Waals surface area contributed by atoms with Gasteiger partial charge in [-0.15, -0.1) is 0 Å². The van der Waals surface area contributed by atoms with Crippen molar-refractivity contribution in [1.82, 2.24) is 0 Å². The number of carboxylic acid groups (broad SMARTS) is 1. The lowest BCUT2D eigenvalue weighted by molar-refractivity contribution is -0.131. The SMILES string of the molecule is CCN1c2ccccc2Sc2cc(/C=C/C(=O)O)ccc21. The van der Waals surface area contributed by atoms with Gasteiger partial charge in [0.15, 0.2) is 0 Å². The van der Waals surface area contributed by atoms with E-state index in [-0.39, 0.29) is 0 Å². The van der Waals surface area contributed by atoms with Gasteiger partial charge in [-0.3, -0.25) is 0 Å². The van der Waals surface area contributed by atoms with E-state index >= 15 is 0 Å². The Morgan fingerprint density at radius 3 is 2.71 bits per heavy atom. The van der Waals surface area contributed by atoms with Crippen LogP contribution in [-0.4, -0.2) is 17.6 Å². The smallest absolute Gasteiger partial charge is 0.328 e. The first-order chi connectivity index (χ1) is 10.2. The maximum Gasteiger partial charge on any atom is 0.328 e. The molecule has 0 atom stereocenters. The molecule has 3 rings (SSSR count). The number of carbonyl (C=O) groups is 1. The summed E-state index contributed by atoms with van der Waals surface area (Å²) >= 11 is 1.73. The van der Waals surface area contributed by atoms with Gasteiger partial charge in [-0.05, 0) is 42.8 Å². The lowest BCUT2D eigenvalue weighted by Crippen LogP contribution is -2.19. The summed E-state index contributed by atoms with van der Waals surface area (Å²) in [5.41, 5.74) is 3.30. The fourth-order valence-electron chi connectivity index (χ4n) is 2.46. The molecule has 0 saturated heterocycles. The molecule has 0 aliphatic carbocycles. The number of hydrogen-bond acceptors (Lipinski definition) is 3. The summed E-state index contributed by atoms with van der Waals surface area (Å²) < 4.78 is 0. The van der Waals surface area contributed by atoms with Crippen molar-refractivity contribution in [1.29, 1.82) is 0 Å². The Bertz CT molecular complexity index is 724. The Hall–Kier alpha value is -2.20. The highest BCUT2D eigenvalue weighted by Gasteiger charge is 2.21. The van der Waals surface area contributed by atoms with Gasteiger partial charge in [0.1, 0.15) is 0 Å². The molecule has 0 aromatic heterocycles. The molecule has 106 valence electrons. The molecule has 1 aliphatic rings. The molecule has 1 aliphatic heterocycles. The summed E-state index contributed by atoms with van der Waals surface area (Å²) in [6.07, 6.45) is 2.79. The number of hydrogen-bond donors (Lipinski definition) is 1. The molecule has 0 saturated carbocycles. The second-order valence-corrected chi connectivity index (χ2v) is 5.80. The quantitative estimate of drug-likeness (QED) is 0.852. The number of carboxylic acids is 1. The van der Waals surface area contributed by atoms with Gasteiger partial charge in [0.25, 0.3) is 0 Å². The summed E-state index contributed by atoms with van der Waals surface area (Å²) in [6, 6.07) is 14.4. The third-order valence-corrected chi connectivity index (χ3v) is 4.50. The lowest BCUT2D eigenvalue weighted by Gasteiger charge is -2.32. The normalized spacial score (nSPS) is 13.1. The Labute approximate surface area is 127 Å². The highest BCUT2D eigenvalue weighted by atomic mass is 32.2. The van der Waals surface area contributed by atoms with E-state index in [0.29, 0.717) is 0 Å². The average Bonchev–Trinajstić information content (AvgIpc) is 2.50. The predicted molar refractivity (Wildman–Crippen MR) is 86.4 cm³/mol. The topological polar surface area (TPSA) is 40.5 Å². The second kappa shape index (κ2) is 5.66. The first kappa shape index (κ1) is 13.8. The minimum Gasteiger partial charge on any atom is -0.478 e. The van der Waals surface area contributed by atoms with Crippen molar-refractivity contribution in [2.45, 2.75) is 16.7 Å². The summed E-state index contributed by atoms with van der Waals surface area (Å²) in [5.74, 6) is -0.930. The monoisotopic (exact) mass is 297 g/mol. The molecule has 0 spiro atoms. The number of para-hydroxylation sites is 1. The van der Waals surface area contributed by atoms with Crippen LogP contribution in [0.5, 0.6) is 0 Å². The van der Waals surface area contributed by atoms with Crippen LogP contribution < -0.4 is 4.90 Å². The average molecular weight is 297 g/mol. The molecule has 1 heterocycles. The van der Waals surface area contributed by atoms with Crippen molar-refractivity contribution in [3.05, 3.63) is 54.1 Å². The van der Waals surface area contributed by atoms with Crippen LogP contribution in [0.15, 0.2) is 58.3 Å². The first-order valence-electron chi connectivity index (χ1n) is 6.78. The van der Waals surface area contributed by atoms with Gasteiger partial charge >= 0.3 is 5.97 Å². The van der Waals surface area contributed by atoms with E-state index in [9.17, 15) is 4.79 Å². The summed E-state index contributed by atoms with van der Waals surface area (Å²) in [4.78, 5) is 15.3. The Morgan fingerprint density at radius 2 is 1.95 bits per heavy atom. The highest BCUT2D eigenvalue weighted by molar-refractivity contribution is 7.99. The van der Waals surface area contributed by atoms with Gasteiger partial charge in [0, 0.05) is 22.4 Å². The van der Waals surface area contributed by atoms with Crippen LogP contribution in [0, 0.1) is 0 Å². The molecule has 4 heteroatoms. The number of nitrogens with zero attached hydrogens (tertiary/aromatic N) is 1. The van der Waals surface area contributed by atoms with E-state index in [1.54, 1.807) is 17.8 Å². The van der Waals surface area contributed by atoms with E-state index in [0.717, 1.165) is 17.0 Å². The minimum atomic E-state index is -0.930. The fraction of sp³-hybridized carbons (Fsp3) is 0.118. The van der Waals surface area contributed by atoms with Crippen molar-refractivity contribution < 1.29 is 9.90 Å². The standard InChI is InChI=1S/C17H15NO2S/c1-2-18-13-5-3-4-6-15(13)21-16-11-12(7-9-14(16)18)8-10-17(19)20/h3-11H,2H2,1H3,(H,19,20)/b10-8+. The van der Waals surface area contributed by atoms with Gasteiger partial charge in [-0.25, -0.2) is 4.79 Å². The molecular formula is C17H15NO2S. The Kier molecular flexibility index (Phi) is 3.71. The van der Waals surface area contributed by atoms with Crippen molar-refractivity contribution >= 4 is 35.2 Å². The van der Waals surface area contributed by atoms with Crippen molar-refractivity contribution in [2.24, 2.45) is 0 Å². The number of benzene rings is 2. The van der Waals surface area contributed by atoms with Crippen LogP contribution >= 0.6 is 11.8 Å². The number of rotatable bonds is 3. The first-order valence-corrected chi connectivity index (χ1v) is 7.60. The third-order valence-electron chi connectivity index (χ3n) is 3.39. The molecule has 0 radical (unpaired) electrons.